The van der Waals surface area contributed by atoms with Gasteiger partial charge in [-0.15, -0.1) is 0 Å². The molecule has 1 saturated carbocycles. The molecule has 1 amide bonds. The van der Waals surface area contributed by atoms with Crippen molar-refractivity contribution >= 4 is 6.09 Å². The van der Waals surface area contributed by atoms with Gasteiger partial charge in [0.05, 0.1) is 6.61 Å². The highest BCUT2D eigenvalue weighted by molar-refractivity contribution is 5.67. The summed E-state index contributed by atoms with van der Waals surface area (Å²) < 4.78 is 20.3. The minimum absolute atomic E-state index is 0.175. The van der Waals surface area contributed by atoms with E-state index in [0.717, 1.165) is 45.4 Å². The van der Waals surface area contributed by atoms with Crippen molar-refractivity contribution in [1.29, 1.82) is 0 Å². The topological polar surface area (TPSA) is 44.8 Å². The fraction of sp³-hybridized carbons (Fsp3) is 0.950. The quantitative estimate of drug-likeness (QED) is 0.807. The van der Waals surface area contributed by atoms with Crippen molar-refractivity contribution in [1.82, 2.24) is 15.1 Å². The fourth-order valence-corrected chi connectivity index (χ4v) is 4.56. The average molecular weight is 370 g/mol. The summed E-state index contributed by atoms with van der Waals surface area (Å²) in [4.78, 5) is 16.2. The predicted molar refractivity (Wildman–Crippen MR) is 101 cm³/mol. The van der Waals surface area contributed by atoms with Gasteiger partial charge < -0.3 is 19.9 Å². The first-order chi connectivity index (χ1) is 12.4. The number of likely N-dealkylation sites (tertiary alicyclic amines) is 2. The van der Waals surface area contributed by atoms with Gasteiger partial charge in [0.15, 0.2) is 0 Å². The number of ether oxygens (including phenoxy) is 1. The zero-order valence-electron chi connectivity index (χ0n) is 16.6. The van der Waals surface area contributed by atoms with Gasteiger partial charge in [-0.1, -0.05) is 0 Å². The zero-order valence-corrected chi connectivity index (χ0v) is 16.6. The van der Waals surface area contributed by atoms with Crippen LogP contribution in [-0.2, 0) is 4.74 Å². The number of alkyl halides is 1. The number of carbonyl (C=O) groups excluding carboxylic acids is 1. The number of nitrogens with zero attached hydrogens (tertiary/aromatic N) is 2. The van der Waals surface area contributed by atoms with Crippen molar-refractivity contribution in [2.24, 2.45) is 0 Å². The Hall–Kier alpha value is -0.880. The van der Waals surface area contributed by atoms with Gasteiger partial charge in [0.1, 0.15) is 5.67 Å². The third-order valence-corrected chi connectivity index (χ3v) is 6.72. The van der Waals surface area contributed by atoms with Gasteiger partial charge in [-0.3, -0.25) is 0 Å². The molecule has 150 valence electrons. The van der Waals surface area contributed by atoms with Gasteiger partial charge in [-0.05, 0) is 65.2 Å². The molecule has 0 radical (unpaired) electrons. The molecule has 5 nitrogen and oxygen atoms in total. The van der Waals surface area contributed by atoms with E-state index in [1.54, 1.807) is 0 Å². The van der Waals surface area contributed by atoms with Gasteiger partial charge in [-0.25, -0.2) is 9.18 Å². The van der Waals surface area contributed by atoms with Crippen molar-refractivity contribution < 1.29 is 13.9 Å². The summed E-state index contributed by atoms with van der Waals surface area (Å²) in [5, 5.41) is 3.49. The largest absolute Gasteiger partial charge is 0.450 e. The summed E-state index contributed by atoms with van der Waals surface area (Å²) in [5.74, 6) is 0. The normalized spacial score (nSPS) is 28.9. The lowest BCUT2D eigenvalue weighted by Gasteiger charge is -2.44. The van der Waals surface area contributed by atoms with Crippen molar-refractivity contribution in [3.05, 3.63) is 0 Å². The SMILES string of the molecule is CCOC(=O)N1CCCC(N2CCC(F)(CNC3(C)CCC3)CC2)CC1. The van der Waals surface area contributed by atoms with Crippen LogP contribution in [0.25, 0.3) is 0 Å². The van der Waals surface area contributed by atoms with E-state index in [-0.39, 0.29) is 11.6 Å². The third kappa shape index (κ3) is 4.89. The maximum Gasteiger partial charge on any atom is 0.409 e. The Morgan fingerprint density at radius 2 is 1.85 bits per heavy atom. The Kier molecular flexibility index (Phi) is 6.44. The number of halogens is 1. The van der Waals surface area contributed by atoms with E-state index in [9.17, 15) is 4.79 Å². The van der Waals surface area contributed by atoms with Crippen LogP contribution in [0.15, 0.2) is 0 Å². The number of hydrogen-bond donors (Lipinski definition) is 1. The zero-order chi connectivity index (χ0) is 18.6. The molecule has 1 unspecified atom stereocenters. The van der Waals surface area contributed by atoms with E-state index in [0.29, 0.717) is 32.0 Å². The average Bonchev–Trinajstić information content (AvgIpc) is 2.86. The summed E-state index contributed by atoms with van der Waals surface area (Å²) in [6.07, 6.45) is 7.72. The first-order valence-corrected chi connectivity index (χ1v) is 10.5. The monoisotopic (exact) mass is 369 g/mol. The molecule has 2 heterocycles. The molecule has 1 atom stereocenters. The Balaban J connectivity index is 1.43. The van der Waals surface area contributed by atoms with Crippen molar-refractivity contribution in [2.75, 3.05) is 39.3 Å². The van der Waals surface area contributed by atoms with Crippen LogP contribution in [0, 0.1) is 0 Å². The highest BCUT2D eigenvalue weighted by Gasteiger charge is 2.40. The Morgan fingerprint density at radius 3 is 2.46 bits per heavy atom. The summed E-state index contributed by atoms with van der Waals surface area (Å²) in [6.45, 7) is 8.18. The molecule has 6 heteroatoms. The molecule has 3 rings (SSSR count). The van der Waals surface area contributed by atoms with Crippen LogP contribution in [0.2, 0.25) is 0 Å². The number of amides is 1. The molecule has 1 aliphatic carbocycles. The molecule has 0 aromatic rings. The van der Waals surface area contributed by atoms with Gasteiger partial charge in [0.25, 0.3) is 0 Å². The molecule has 26 heavy (non-hydrogen) atoms. The molecule has 0 spiro atoms. The molecule has 0 aromatic carbocycles. The summed E-state index contributed by atoms with van der Waals surface area (Å²) in [5.41, 5.74) is -0.884. The van der Waals surface area contributed by atoms with E-state index in [2.05, 4.69) is 17.1 Å². The van der Waals surface area contributed by atoms with E-state index >= 15 is 4.39 Å². The smallest absolute Gasteiger partial charge is 0.409 e. The highest BCUT2D eigenvalue weighted by Crippen LogP contribution is 2.34. The van der Waals surface area contributed by atoms with E-state index in [4.69, 9.17) is 4.74 Å². The predicted octanol–water partition coefficient (Wildman–Crippen LogP) is 3.33. The lowest BCUT2D eigenvalue weighted by Crippen LogP contribution is -2.56. The minimum Gasteiger partial charge on any atom is -0.450 e. The molecule has 3 fully saturated rings. The Morgan fingerprint density at radius 1 is 1.12 bits per heavy atom. The first-order valence-electron chi connectivity index (χ1n) is 10.5. The van der Waals surface area contributed by atoms with Crippen LogP contribution in [0.3, 0.4) is 0 Å². The third-order valence-electron chi connectivity index (χ3n) is 6.72. The molecule has 0 aromatic heterocycles. The number of hydrogen-bond acceptors (Lipinski definition) is 4. The van der Waals surface area contributed by atoms with E-state index < -0.39 is 5.67 Å². The molecule has 3 aliphatic rings. The number of rotatable bonds is 5. The van der Waals surface area contributed by atoms with Crippen LogP contribution < -0.4 is 5.32 Å². The second-order valence-corrected chi connectivity index (χ2v) is 8.73. The summed E-state index contributed by atoms with van der Waals surface area (Å²) in [7, 11) is 0. The van der Waals surface area contributed by atoms with Gasteiger partial charge in [0.2, 0.25) is 0 Å². The van der Waals surface area contributed by atoms with Crippen LogP contribution in [0.1, 0.15) is 65.2 Å². The fourth-order valence-electron chi connectivity index (χ4n) is 4.56. The molecule has 2 aliphatic heterocycles. The Bertz CT molecular complexity index is 476. The lowest BCUT2D eigenvalue weighted by atomic mass is 9.78. The van der Waals surface area contributed by atoms with Crippen LogP contribution in [0.5, 0.6) is 0 Å². The molecule has 0 bridgehead atoms. The van der Waals surface area contributed by atoms with Crippen molar-refractivity contribution in [3.8, 4) is 0 Å². The van der Waals surface area contributed by atoms with Gasteiger partial charge >= 0.3 is 6.09 Å². The summed E-state index contributed by atoms with van der Waals surface area (Å²) >= 11 is 0. The van der Waals surface area contributed by atoms with E-state index in [1.165, 1.54) is 19.3 Å². The standard InChI is InChI=1S/C20H36FN3O2/c1-3-26-18(25)24-12-4-6-17(7-13-24)23-14-10-20(21,11-15-23)16-22-19(2)8-5-9-19/h17,22H,3-16H2,1-2H3. The van der Waals surface area contributed by atoms with Crippen LogP contribution in [0.4, 0.5) is 9.18 Å². The molecular formula is C20H36FN3O2. The van der Waals surface area contributed by atoms with Crippen LogP contribution >= 0.6 is 0 Å². The van der Waals surface area contributed by atoms with Crippen molar-refractivity contribution in [3.63, 3.8) is 0 Å². The number of carbonyl (C=O) groups is 1. The van der Waals surface area contributed by atoms with Crippen molar-refractivity contribution in [2.45, 2.75) is 82.5 Å². The first kappa shape index (κ1) is 19.9. The minimum atomic E-state index is -1.06. The van der Waals surface area contributed by atoms with E-state index in [1.807, 2.05) is 11.8 Å². The number of piperidine rings is 1. The molecular weight excluding hydrogens is 333 g/mol. The molecule has 1 N–H and O–H groups in total. The maximum absolute atomic E-state index is 15.2. The number of nitrogens with one attached hydrogen (secondary N) is 1. The highest BCUT2D eigenvalue weighted by atomic mass is 19.1. The lowest BCUT2D eigenvalue weighted by molar-refractivity contribution is 0.0247. The second kappa shape index (κ2) is 8.42. The Labute approximate surface area is 157 Å². The van der Waals surface area contributed by atoms with Crippen LogP contribution in [-0.4, -0.2) is 72.5 Å². The van der Waals surface area contributed by atoms with Gasteiger partial charge in [0, 0.05) is 44.3 Å². The maximum atomic E-state index is 15.2. The molecule has 2 saturated heterocycles. The van der Waals surface area contributed by atoms with Gasteiger partial charge in [-0.2, -0.15) is 0 Å². The summed E-state index contributed by atoms with van der Waals surface area (Å²) in [6, 6.07) is 0.469. The second-order valence-electron chi connectivity index (χ2n) is 8.73.